The number of methoxy groups -OCH3 is 1. The first-order valence-electron chi connectivity index (χ1n) is 6.05. The van der Waals surface area contributed by atoms with Crippen LogP contribution in [0.5, 0.6) is 0 Å². The maximum atomic E-state index is 12.0. The minimum Gasteiger partial charge on any atom is -0.444 e. The molecule has 1 fully saturated rings. The van der Waals surface area contributed by atoms with E-state index in [2.05, 4.69) is 5.32 Å². The summed E-state index contributed by atoms with van der Waals surface area (Å²) in [6.45, 7) is 6.88. The number of hydrogen-bond acceptors (Lipinski definition) is 4. The molecular weight excluding hydrogens is 220 g/mol. The summed E-state index contributed by atoms with van der Waals surface area (Å²) < 4.78 is 10.6. The van der Waals surface area contributed by atoms with Crippen molar-refractivity contribution in [3.8, 4) is 0 Å². The second kappa shape index (κ2) is 5.69. The highest BCUT2D eigenvalue weighted by atomic mass is 16.6. The van der Waals surface area contributed by atoms with Crippen molar-refractivity contribution in [3.05, 3.63) is 0 Å². The Bertz CT molecular complexity index is 263. The first-order chi connectivity index (χ1) is 7.89. The third-order valence-corrected chi connectivity index (χ3v) is 2.88. The molecular formula is C12H24N2O3. The molecule has 1 rings (SSSR count). The molecule has 5 heteroatoms. The van der Waals surface area contributed by atoms with Gasteiger partial charge in [-0.1, -0.05) is 0 Å². The Morgan fingerprint density at radius 2 is 2.12 bits per heavy atom. The largest absolute Gasteiger partial charge is 0.444 e. The highest BCUT2D eigenvalue weighted by Gasteiger charge is 2.38. The molecule has 1 N–H and O–H groups in total. The number of likely N-dealkylation sites (N-methyl/N-ethyl adjacent to an activating group) is 1. The van der Waals surface area contributed by atoms with Gasteiger partial charge in [0.1, 0.15) is 5.60 Å². The minimum absolute atomic E-state index is 0.0554. The summed E-state index contributed by atoms with van der Waals surface area (Å²) >= 11 is 0. The Hall–Kier alpha value is -0.810. The second-order valence-corrected chi connectivity index (χ2v) is 5.38. The van der Waals surface area contributed by atoms with Crippen molar-refractivity contribution in [3.63, 3.8) is 0 Å². The van der Waals surface area contributed by atoms with Crippen LogP contribution in [0, 0.1) is 0 Å². The average molecular weight is 244 g/mol. The molecule has 0 spiro atoms. The zero-order valence-corrected chi connectivity index (χ0v) is 11.4. The minimum atomic E-state index is -0.452. The van der Waals surface area contributed by atoms with Crippen LogP contribution in [0.1, 0.15) is 27.2 Å². The molecule has 1 heterocycles. The number of ether oxygens (including phenoxy) is 2. The van der Waals surface area contributed by atoms with Crippen molar-refractivity contribution >= 4 is 6.09 Å². The van der Waals surface area contributed by atoms with Gasteiger partial charge in [0, 0.05) is 19.7 Å². The highest BCUT2D eigenvalue weighted by Crippen LogP contribution is 2.21. The molecule has 1 amide bonds. The van der Waals surface area contributed by atoms with E-state index in [0.29, 0.717) is 13.2 Å². The second-order valence-electron chi connectivity index (χ2n) is 5.38. The van der Waals surface area contributed by atoms with Crippen LogP contribution in [0.4, 0.5) is 4.79 Å². The van der Waals surface area contributed by atoms with E-state index in [1.54, 1.807) is 12.0 Å². The number of carbonyl (C=O) groups is 1. The van der Waals surface area contributed by atoms with Gasteiger partial charge in [-0.2, -0.15) is 0 Å². The van der Waals surface area contributed by atoms with Crippen molar-refractivity contribution in [2.24, 2.45) is 0 Å². The zero-order chi connectivity index (χ0) is 13.1. The fourth-order valence-electron chi connectivity index (χ4n) is 2.11. The van der Waals surface area contributed by atoms with Crippen LogP contribution in [-0.4, -0.2) is 56.0 Å². The Kier molecular flexibility index (Phi) is 4.77. The fourth-order valence-corrected chi connectivity index (χ4v) is 2.11. The molecule has 100 valence electrons. The molecule has 0 bridgehead atoms. The third-order valence-electron chi connectivity index (χ3n) is 2.88. The summed E-state index contributed by atoms with van der Waals surface area (Å²) in [6.07, 6.45) is 0.682. The van der Waals surface area contributed by atoms with Gasteiger partial charge in [0.2, 0.25) is 0 Å². The molecule has 2 atom stereocenters. The molecule has 1 aliphatic rings. The number of likely N-dealkylation sites (tertiary alicyclic amines) is 1. The maximum Gasteiger partial charge on any atom is 0.410 e. The summed E-state index contributed by atoms with van der Waals surface area (Å²) in [5, 5.41) is 3.22. The molecule has 0 aromatic heterocycles. The van der Waals surface area contributed by atoms with E-state index < -0.39 is 5.60 Å². The molecule has 1 aliphatic heterocycles. The highest BCUT2D eigenvalue weighted by molar-refractivity contribution is 5.69. The van der Waals surface area contributed by atoms with E-state index in [1.807, 2.05) is 27.8 Å². The zero-order valence-electron chi connectivity index (χ0n) is 11.4. The van der Waals surface area contributed by atoms with Crippen molar-refractivity contribution in [1.29, 1.82) is 0 Å². The maximum absolute atomic E-state index is 12.0. The van der Waals surface area contributed by atoms with Crippen molar-refractivity contribution in [2.75, 3.05) is 27.3 Å². The SMILES string of the molecule is CNC1CCN(C(=O)OC(C)(C)C)[C@H]1COC. The van der Waals surface area contributed by atoms with Crippen molar-refractivity contribution in [1.82, 2.24) is 10.2 Å². The molecule has 0 aromatic carbocycles. The lowest BCUT2D eigenvalue weighted by molar-refractivity contribution is 0.0130. The Morgan fingerprint density at radius 1 is 1.47 bits per heavy atom. The third kappa shape index (κ3) is 3.85. The van der Waals surface area contributed by atoms with Crippen LogP contribution in [0.25, 0.3) is 0 Å². The Labute approximate surface area is 103 Å². The van der Waals surface area contributed by atoms with E-state index in [9.17, 15) is 4.79 Å². The first kappa shape index (κ1) is 14.3. The van der Waals surface area contributed by atoms with Gasteiger partial charge in [-0.05, 0) is 34.2 Å². The summed E-state index contributed by atoms with van der Waals surface area (Å²) in [7, 11) is 3.56. The average Bonchev–Trinajstić information content (AvgIpc) is 2.59. The lowest BCUT2D eigenvalue weighted by Crippen LogP contribution is -2.48. The van der Waals surface area contributed by atoms with Crippen LogP contribution >= 0.6 is 0 Å². The molecule has 0 aliphatic carbocycles. The summed E-state index contributed by atoms with van der Waals surface area (Å²) in [6, 6.07) is 0.335. The standard InChI is InChI=1S/C12H24N2O3/c1-12(2,3)17-11(15)14-7-6-9(13-4)10(14)8-16-5/h9-10,13H,6-8H2,1-5H3/t9?,10-/m0/s1. The number of carbonyl (C=O) groups excluding carboxylic acids is 1. The predicted octanol–water partition coefficient (Wildman–Crippen LogP) is 1.23. The van der Waals surface area contributed by atoms with Crippen LogP contribution in [0.15, 0.2) is 0 Å². The molecule has 1 unspecified atom stereocenters. The molecule has 5 nitrogen and oxygen atoms in total. The summed E-state index contributed by atoms with van der Waals surface area (Å²) in [5.74, 6) is 0. The van der Waals surface area contributed by atoms with Gasteiger partial charge in [0.05, 0.1) is 12.6 Å². The molecule has 0 radical (unpaired) electrons. The topological polar surface area (TPSA) is 50.8 Å². The summed E-state index contributed by atoms with van der Waals surface area (Å²) in [5.41, 5.74) is -0.452. The van der Waals surface area contributed by atoms with Crippen LogP contribution in [0.3, 0.4) is 0 Å². The quantitative estimate of drug-likeness (QED) is 0.811. The van der Waals surface area contributed by atoms with Gasteiger partial charge in [-0.15, -0.1) is 0 Å². The molecule has 0 aromatic rings. The van der Waals surface area contributed by atoms with Gasteiger partial charge in [-0.3, -0.25) is 0 Å². The number of amides is 1. The molecule has 0 saturated carbocycles. The van der Waals surface area contributed by atoms with Gasteiger partial charge in [0.15, 0.2) is 0 Å². The first-order valence-corrected chi connectivity index (χ1v) is 6.05. The monoisotopic (exact) mass is 244 g/mol. The van der Waals surface area contributed by atoms with E-state index >= 15 is 0 Å². The normalized spacial score (nSPS) is 25.1. The van der Waals surface area contributed by atoms with Gasteiger partial charge < -0.3 is 19.7 Å². The van der Waals surface area contributed by atoms with Gasteiger partial charge in [-0.25, -0.2) is 4.79 Å². The number of nitrogens with one attached hydrogen (secondary N) is 1. The summed E-state index contributed by atoms with van der Waals surface area (Å²) in [4.78, 5) is 13.8. The van der Waals surface area contributed by atoms with E-state index in [0.717, 1.165) is 6.42 Å². The van der Waals surface area contributed by atoms with Gasteiger partial charge >= 0.3 is 6.09 Å². The van der Waals surface area contributed by atoms with Crippen molar-refractivity contribution < 1.29 is 14.3 Å². The predicted molar refractivity (Wildman–Crippen MR) is 66.1 cm³/mol. The Balaban J connectivity index is 2.66. The molecule has 1 saturated heterocycles. The Morgan fingerprint density at radius 3 is 2.59 bits per heavy atom. The van der Waals surface area contributed by atoms with Crippen molar-refractivity contribution in [2.45, 2.75) is 44.9 Å². The smallest absolute Gasteiger partial charge is 0.410 e. The van der Waals surface area contributed by atoms with E-state index in [-0.39, 0.29) is 18.2 Å². The van der Waals surface area contributed by atoms with Crippen LogP contribution < -0.4 is 5.32 Å². The molecule has 17 heavy (non-hydrogen) atoms. The van der Waals surface area contributed by atoms with Crippen LogP contribution in [0.2, 0.25) is 0 Å². The number of hydrogen-bond donors (Lipinski definition) is 1. The number of rotatable bonds is 3. The van der Waals surface area contributed by atoms with Crippen LogP contribution in [-0.2, 0) is 9.47 Å². The van der Waals surface area contributed by atoms with Gasteiger partial charge in [0.25, 0.3) is 0 Å². The lowest BCUT2D eigenvalue weighted by Gasteiger charge is -2.30. The van der Waals surface area contributed by atoms with E-state index in [4.69, 9.17) is 9.47 Å². The van der Waals surface area contributed by atoms with E-state index in [1.165, 1.54) is 0 Å². The number of nitrogens with zero attached hydrogens (tertiary/aromatic N) is 1. The fraction of sp³-hybridized carbons (Fsp3) is 0.917. The lowest BCUT2D eigenvalue weighted by atomic mass is 10.1.